The Kier molecular flexibility index (Phi) is 2.38. The highest BCUT2D eigenvalue weighted by Gasteiger charge is 2.16. The fraction of sp³-hybridized carbons (Fsp3) is 0. The third kappa shape index (κ3) is 1.30. The summed E-state index contributed by atoms with van der Waals surface area (Å²) in [4.78, 5) is 0. The van der Waals surface area contributed by atoms with Crippen molar-refractivity contribution in [2.45, 2.75) is 0 Å². The smallest absolute Gasteiger partial charge is 0.195 e. The van der Waals surface area contributed by atoms with Crippen molar-refractivity contribution in [2.24, 2.45) is 0 Å². The summed E-state index contributed by atoms with van der Waals surface area (Å²) < 4.78 is 37.4. The second-order valence-corrected chi connectivity index (χ2v) is 2.81. The number of nitrogens with zero attached hydrogens (tertiary/aromatic N) is 1. The molecule has 0 atom stereocenters. The standard InChI is InChI=1S/C7HBrF3N/c8-4-1-5(9)7(11)6(10)3(4)2-12/h1H. The van der Waals surface area contributed by atoms with Gasteiger partial charge in [0.2, 0.25) is 0 Å². The summed E-state index contributed by atoms with van der Waals surface area (Å²) >= 11 is 2.72. The monoisotopic (exact) mass is 235 g/mol. The molecule has 0 saturated heterocycles. The quantitative estimate of drug-likeness (QED) is 0.501. The van der Waals surface area contributed by atoms with Crippen molar-refractivity contribution in [1.82, 2.24) is 0 Å². The first-order chi connectivity index (χ1) is 5.57. The van der Waals surface area contributed by atoms with Gasteiger partial charge in [0.15, 0.2) is 17.5 Å². The number of hydrogen-bond acceptors (Lipinski definition) is 1. The van der Waals surface area contributed by atoms with Crippen molar-refractivity contribution in [3.8, 4) is 6.07 Å². The minimum absolute atomic E-state index is 0.0959. The van der Waals surface area contributed by atoms with E-state index in [-0.39, 0.29) is 4.47 Å². The molecule has 1 aromatic rings. The number of hydrogen-bond donors (Lipinski definition) is 0. The zero-order chi connectivity index (χ0) is 9.30. The number of nitriles is 1. The van der Waals surface area contributed by atoms with Gasteiger partial charge in [-0.15, -0.1) is 0 Å². The molecule has 0 aromatic heterocycles. The molecule has 5 heteroatoms. The summed E-state index contributed by atoms with van der Waals surface area (Å²) in [6.07, 6.45) is 0. The van der Waals surface area contributed by atoms with E-state index in [1.807, 2.05) is 0 Å². The molecular weight excluding hydrogens is 235 g/mol. The van der Waals surface area contributed by atoms with Crippen molar-refractivity contribution < 1.29 is 13.2 Å². The highest BCUT2D eigenvalue weighted by Crippen LogP contribution is 2.23. The summed E-state index contributed by atoms with van der Waals surface area (Å²) in [5.74, 6) is -4.42. The average molecular weight is 236 g/mol. The van der Waals surface area contributed by atoms with Crippen LogP contribution in [0.25, 0.3) is 0 Å². The number of halogens is 4. The second kappa shape index (κ2) is 3.15. The highest BCUT2D eigenvalue weighted by atomic mass is 79.9. The molecule has 12 heavy (non-hydrogen) atoms. The minimum Gasteiger partial charge on any atom is -0.204 e. The fourth-order valence-electron chi connectivity index (χ4n) is 0.669. The molecule has 0 aliphatic carbocycles. The third-order valence-corrected chi connectivity index (χ3v) is 1.85. The van der Waals surface area contributed by atoms with Crippen LogP contribution in [0.2, 0.25) is 0 Å². The van der Waals surface area contributed by atoms with Gasteiger partial charge >= 0.3 is 0 Å². The lowest BCUT2D eigenvalue weighted by atomic mass is 10.2. The van der Waals surface area contributed by atoms with Crippen LogP contribution in [-0.2, 0) is 0 Å². The van der Waals surface area contributed by atoms with E-state index in [2.05, 4.69) is 15.9 Å². The van der Waals surface area contributed by atoms with E-state index in [0.717, 1.165) is 0 Å². The van der Waals surface area contributed by atoms with Crippen molar-refractivity contribution in [2.75, 3.05) is 0 Å². The Hall–Kier alpha value is -1.02. The molecule has 0 heterocycles. The van der Waals surface area contributed by atoms with E-state index in [0.29, 0.717) is 6.07 Å². The third-order valence-electron chi connectivity index (χ3n) is 1.23. The molecule has 0 unspecified atom stereocenters. The maximum absolute atomic E-state index is 12.7. The Morgan fingerprint density at radius 3 is 2.33 bits per heavy atom. The van der Waals surface area contributed by atoms with E-state index < -0.39 is 23.0 Å². The summed E-state index contributed by atoms with van der Waals surface area (Å²) in [6.45, 7) is 0. The van der Waals surface area contributed by atoms with Crippen LogP contribution in [0.15, 0.2) is 10.5 Å². The molecule has 1 nitrogen and oxygen atoms in total. The Morgan fingerprint density at radius 1 is 1.25 bits per heavy atom. The van der Waals surface area contributed by atoms with Gasteiger partial charge in [-0.1, -0.05) is 0 Å². The molecule has 1 aromatic carbocycles. The predicted molar refractivity (Wildman–Crippen MR) is 38.7 cm³/mol. The topological polar surface area (TPSA) is 23.8 Å². The molecule has 0 saturated carbocycles. The molecule has 0 aliphatic rings. The molecule has 0 spiro atoms. The minimum atomic E-state index is -1.63. The normalized spacial score (nSPS) is 9.58. The molecule has 0 bridgehead atoms. The average Bonchev–Trinajstić information content (AvgIpc) is 2.01. The first kappa shape index (κ1) is 9.07. The molecule has 0 N–H and O–H groups in total. The summed E-state index contributed by atoms with van der Waals surface area (Å²) in [5, 5.41) is 8.31. The zero-order valence-electron chi connectivity index (χ0n) is 5.54. The molecule has 0 aliphatic heterocycles. The van der Waals surface area contributed by atoms with Crippen LogP contribution in [-0.4, -0.2) is 0 Å². The Morgan fingerprint density at radius 2 is 1.83 bits per heavy atom. The van der Waals surface area contributed by atoms with Gasteiger partial charge in [0.25, 0.3) is 0 Å². The molecule has 0 radical (unpaired) electrons. The van der Waals surface area contributed by atoms with E-state index in [4.69, 9.17) is 5.26 Å². The second-order valence-electron chi connectivity index (χ2n) is 1.95. The largest absolute Gasteiger partial charge is 0.204 e. The van der Waals surface area contributed by atoms with Crippen LogP contribution in [0.3, 0.4) is 0 Å². The SMILES string of the molecule is N#Cc1c(Br)cc(F)c(F)c1F. The summed E-state index contributed by atoms with van der Waals surface area (Å²) in [7, 11) is 0. The predicted octanol–water partition coefficient (Wildman–Crippen LogP) is 2.74. The van der Waals surface area contributed by atoms with Crippen LogP contribution in [0, 0.1) is 28.8 Å². The zero-order valence-corrected chi connectivity index (χ0v) is 7.12. The lowest BCUT2D eigenvalue weighted by Crippen LogP contribution is -1.95. The van der Waals surface area contributed by atoms with Gasteiger partial charge < -0.3 is 0 Å². The van der Waals surface area contributed by atoms with Crippen LogP contribution < -0.4 is 0 Å². The van der Waals surface area contributed by atoms with Crippen LogP contribution >= 0.6 is 15.9 Å². The lowest BCUT2D eigenvalue weighted by molar-refractivity contribution is 0.444. The molecule has 1 rings (SSSR count). The first-order valence-electron chi connectivity index (χ1n) is 2.81. The molecule has 0 fully saturated rings. The van der Waals surface area contributed by atoms with Crippen molar-refractivity contribution in [3.05, 3.63) is 33.6 Å². The Balaban J connectivity index is 3.54. The summed E-state index contributed by atoms with van der Waals surface area (Å²) in [6, 6.07) is 2.11. The van der Waals surface area contributed by atoms with Gasteiger partial charge in [-0.05, 0) is 22.0 Å². The van der Waals surface area contributed by atoms with Gasteiger partial charge in [0, 0.05) is 4.47 Å². The first-order valence-corrected chi connectivity index (χ1v) is 3.60. The van der Waals surface area contributed by atoms with Crippen molar-refractivity contribution >= 4 is 15.9 Å². The van der Waals surface area contributed by atoms with Gasteiger partial charge in [-0.25, -0.2) is 13.2 Å². The van der Waals surface area contributed by atoms with E-state index in [1.54, 1.807) is 0 Å². The van der Waals surface area contributed by atoms with Gasteiger partial charge in [-0.2, -0.15) is 5.26 Å². The number of benzene rings is 1. The van der Waals surface area contributed by atoms with E-state index >= 15 is 0 Å². The lowest BCUT2D eigenvalue weighted by Gasteiger charge is -1.98. The van der Waals surface area contributed by atoms with E-state index in [9.17, 15) is 13.2 Å². The van der Waals surface area contributed by atoms with Crippen LogP contribution in [0.1, 0.15) is 5.56 Å². The maximum atomic E-state index is 12.7. The van der Waals surface area contributed by atoms with Crippen LogP contribution in [0.5, 0.6) is 0 Å². The Labute approximate surface area is 74.6 Å². The number of rotatable bonds is 0. The summed E-state index contributed by atoms with van der Waals surface area (Å²) in [5.41, 5.74) is -0.533. The van der Waals surface area contributed by atoms with E-state index in [1.165, 1.54) is 6.07 Å². The molecule has 0 amide bonds. The molecule has 62 valence electrons. The van der Waals surface area contributed by atoms with Crippen molar-refractivity contribution in [3.63, 3.8) is 0 Å². The maximum Gasteiger partial charge on any atom is 0.195 e. The Bertz CT molecular complexity index is 370. The van der Waals surface area contributed by atoms with Gasteiger partial charge in [-0.3, -0.25) is 0 Å². The van der Waals surface area contributed by atoms with Crippen LogP contribution in [0.4, 0.5) is 13.2 Å². The van der Waals surface area contributed by atoms with Crippen molar-refractivity contribution in [1.29, 1.82) is 5.26 Å². The highest BCUT2D eigenvalue weighted by molar-refractivity contribution is 9.10. The molecular formula is C7HBrF3N. The van der Waals surface area contributed by atoms with Gasteiger partial charge in [0.1, 0.15) is 11.6 Å². The fourth-order valence-corrected chi connectivity index (χ4v) is 1.13. The van der Waals surface area contributed by atoms with Gasteiger partial charge in [0.05, 0.1) is 0 Å².